The number of pyridine rings is 1. The van der Waals surface area contributed by atoms with Gasteiger partial charge in [-0.05, 0) is 12.1 Å². The Hall–Kier alpha value is -1.16. The van der Waals surface area contributed by atoms with Gasteiger partial charge in [0.05, 0.1) is 11.1 Å². The molecule has 1 heterocycles. The third kappa shape index (κ3) is 1.99. The maximum Gasteiger partial charge on any atom is 0.216 e. The molecule has 0 aliphatic rings. The lowest BCUT2D eigenvalue weighted by molar-refractivity contribution is 0.627. The molecule has 0 N–H and O–H groups in total. The predicted molar refractivity (Wildman–Crippen MR) is 38.3 cm³/mol. The first-order valence-corrected chi connectivity index (χ1v) is 3.77. The van der Waals surface area contributed by atoms with Crippen molar-refractivity contribution < 1.29 is 8.42 Å². The van der Waals surface area contributed by atoms with Crippen molar-refractivity contribution in [1.29, 1.82) is 0 Å². The van der Waals surface area contributed by atoms with E-state index < -0.39 is 10.3 Å². The molecule has 4 heteroatoms. The van der Waals surface area contributed by atoms with E-state index in [0.29, 0.717) is 5.69 Å². The highest BCUT2D eigenvalue weighted by atomic mass is 32.2. The number of hydrogen-bond donors (Lipinski definition) is 0. The highest BCUT2D eigenvalue weighted by molar-refractivity contribution is 7.71. The van der Waals surface area contributed by atoms with Crippen molar-refractivity contribution in [2.24, 2.45) is 0 Å². The van der Waals surface area contributed by atoms with E-state index in [1.54, 1.807) is 24.4 Å². The molecule has 0 saturated heterocycles. The summed E-state index contributed by atoms with van der Waals surface area (Å²) in [6.45, 7) is 0. The zero-order valence-electron chi connectivity index (χ0n) is 5.06. The number of nitrogens with zero attached hydrogens (tertiary/aromatic N) is 1. The Kier molecular flexibility index (Phi) is 2.17. The van der Waals surface area contributed by atoms with Gasteiger partial charge in [-0.15, -0.1) is 0 Å². The second kappa shape index (κ2) is 3.12. The summed E-state index contributed by atoms with van der Waals surface area (Å²) < 4.78 is 20.1. The van der Waals surface area contributed by atoms with Gasteiger partial charge >= 0.3 is 0 Å². The van der Waals surface area contributed by atoms with E-state index >= 15 is 0 Å². The number of rotatable bonds is 1. The lowest BCUT2D eigenvalue weighted by Crippen LogP contribution is -1.84. The molecule has 3 nitrogen and oxygen atoms in total. The molecule has 0 atom stereocenters. The van der Waals surface area contributed by atoms with Crippen molar-refractivity contribution in [3.05, 3.63) is 30.1 Å². The second-order valence-corrected chi connectivity index (χ2v) is 2.39. The van der Waals surface area contributed by atoms with Crippen molar-refractivity contribution >= 4 is 15.7 Å². The zero-order valence-corrected chi connectivity index (χ0v) is 5.88. The predicted octanol–water partition coefficient (Wildman–Crippen LogP) is 0.111. The summed E-state index contributed by atoms with van der Waals surface area (Å²) in [6.07, 6.45) is 1.54. The summed E-state index contributed by atoms with van der Waals surface area (Å²) in [7, 11) is -2.15. The monoisotopic (exact) mass is 155 g/mol. The molecule has 0 saturated carbocycles. The molecule has 52 valence electrons. The van der Waals surface area contributed by atoms with Crippen LogP contribution in [-0.2, 0) is 10.3 Å². The lowest BCUT2D eigenvalue weighted by Gasteiger charge is -1.83. The van der Waals surface area contributed by atoms with Gasteiger partial charge in [0.2, 0.25) is 10.3 Å². The van der Waals surface area contributed by atoms with Crippen LogP contribution >= 0.6 is 0 Å². The van der Waals surface area contributed by atoms with Crippen molar-refractivity contribution in [3.63, 3.8) is 0 Å². The molecular weight excluding hydrogens is 150 g/mol. The van der Waals surface area contributed by atoms with Gasteiger partial charge in [0.25, 0.3) is 0 Å². The van der Waals surface area contributed by atoms with Crippen LogP contribution in [-0.4, -0.2) is 18.8 Å². The molecule has 0 aliphatic carbocycles. The minimum atomic E-state index is -2.15. The summed E-state index contributed by atoms with van der Waals surface area (Å²) in [5.41, 5.74) is 0.454. The Morgan fingerprint density at radius 3 is 2.70 bits per heavy atom. The van der Waals surface area contributed by atoms with Gasteiger partial charge in [-0.1, -0.05) is 6.07 Å². The van der Waals surface area contributed by atoms with Gasteiger partial charge < -0.3 is 0 Å². The molecular formula is C6H5NO2S. The summed E-state index contributed by atoms with van der Waals surface area (Å²) in [6, 6.07) is 5.08. The molecule has 0 radical (unpaired) electrons. The van der Waals surface area contributed by atoms with E-state index in [4.69, 9.17) is 0 Å². The maximum atomic E-state index is 10.1. The second-order valence-electron chi connectivity index (χ2n) is 1.63. The van der Waals surface area contributed by atoms with Crippen molar-refractivity contribution in [2.75, 3.05) is 0 Å². The molecule has 0 aliphatic heterocycles. The first-order valence-electron chi connectivity index (χ1n) is 2.63. The normalized spacial score (nSPS) is 8.80. The quantitative estimate of drug-likeness (QED) is 0.541. The maximum absolute atomic E-state index is 10.1. The summed E-state index contributed by atoms with van der Waals surface area (Å²) >= 11 is 0. The molecule has 0 amide bonds. The molecule has 0 unspecified atom stereocenters. The summed E-state index contributed by atoms with van der Waals surface area (Å²) in [4.78, 5) is 3.77. The molecule has 1 rings (SSSR count). The van der Waals surface area contributed by atoms with Crippen LogP contribution in [0.5, 0.6) is 0 Å². The molecule has 10 heavy (non-hydrogen) atoms. The van der Waals surface area contributed by atoms with Crippen LogP contribution in [0.25, 0.3) is 0 Å². The highest BCUT2D eigenvalue weighted by Crippen LogP contribution is 1.86. The Balaban J connectivity index is 3.10. The molecule has 1 aromatic heterocycles. The molecule has 0 fully saturated rings. The smallest absolute Gasteiger partial charge is 0.216 e. The first-order chi connectivity index (χ1) is 4.79. The van der Waals surface area contributed by atoms with Gasteiger partial charge in [0.15, 0.2) is 0 Å². The Morgan fingerprint density at radius 2 is 2.20 bits per heavy atom. The molecule has 1 aromatic rings. The average Bonchev–Trinajstić information content (AvgIpc) is 1.88. The minimum Gasteiger partial charge on any atom is -0.256 e. The van der Waals surface area contributed by atoms with E-state index in [0.717, 1.165) is 5.37 Å². The summed E-state index contributed by atoms with van der Waals surface area (Å²) in [5, 5.41) is 1.06. The van der Waals surface area contributed by atoms with Crippen LogP contribution in [0.4, 0.5) is 0 Å². The number of hydrogen-bond acceptors (Lipinski definition) is 3. The molecule has 0 aromatic carbocycles. The molecule has 0 spiro atoms. The SMILES string of the molecule is O=S(=O)=Cc1ccccn1. The Morgan fingerprint density at radius 1 is 1.40 bits per heavy atom. The van der Waals surface area contributed by atoms with Crippen molar-refractivity contribution in [2.45, 2.75) is 0 Å². The van der Waals surface area contributed by atoms with E-state index in [9.17, 15) is 8.42 Å². The van der Waals surface area contributed by atoms with Crippen LogP contribution in [0.2, 0.25) is 0 Å². The van der Waals surface area contributed by atoms with Gasteiger partial charge in [-0.25, -0.2) is 0 Å². The standard InChI is InChI=1S/C6H5NO2S/c8-10(9)5-6-3-1-2-4-7-6/h1-5H. The van der Waals surface area contributed by atoms with Crippen LogP contribution in [0.15, 0.2) is 24.4 Å². The zero-order chi connectivity index (χ0) is 7.40. The van der Waals surface area contributed by atoms with Crippen molar-refractivity contribution in [3.8, 4) is 0 Å². The third-order valence-electron chi connectivity index (χ3n) is 0.905. The van der Waals surface area contributed by atoms with Crippen LogP contribution < -0.4 is 0 Å². The minimum absolute atomic E-state index is 0.454. The van der Waals surface area contributed by atoms with E-state index in [-0.39, 0.29) is 0 Å². The van der Waals surface area contributed by atoms with Gasteiger partial charge in [-0.2, -0.15) is 8.42 Å². The lowest BCUT2D eigenvalue weighted by atomic mass is 10.4. The fraction of sp³-hybridized carbons (Fsp3) is 0. The van der Waals surface area contributed by atoms with E-state index in [2.05, 4.69) is 4.98 Å². The van der Waals surface area contributed by atoms with Gasteiger partial charge in [-0.3, -0.25) is 4.98 Å². The van der Waals surface area contributed by atoms with E-state index in [1.165, 1.54) is 0 Å². The highest BCUT2D eigenvalue weighted by Gasteiger charge is 1.83. The van der Waals surface area contributed by atoms with Crippen molar-refractivity contribution in [1.82, 2.24) is 4.98 Å². The fourth-order valence-corrected chi connectivity index (χ4v) is 0.881. The Bertz CT molecular complexity index is 320. The summed E-state index contributed by atoms with van der Waals surface area (Å²) in [5.74, 6) is 0. The number of aromatic nitrogens is 1. The van der Waals surface area contributed by atoms with Crippen LogP contribution in [0.1, 0.15) is 5.69 Å². The topological polar surface area (TPSA) is 47.0 Å². The van der Waals surface area contributed by atoms with Gasteiger partial charge in [0.1, 0.15) is 0 Å². The van der Waals surface area contributed by atoms with Gasteiger partial charge in [0, 0.05) is 6.20 Å². The average molecular weight is 155 g/mol. The Labute approximate surface area is 59.9 Å². The largest absolute Gasteiger partial charge is 0.256 e. The molecule has 0 bridgehead atoms. The van der Waals surface area contributed by atoms with Crippen LogP contribution in [0, 0.1) is 0 Å². The first kappa shape index (κ1) is 6.95. The fourth-order valence-electron chi connectivity index (χ4n) is 0.544. The van der Waals surface area contributed by atoms with Crippen LogP contribution in [0.3, 0.4) is 0 Å². The van der Waals surface area contributed by atoms with E-state index in [1.807, 2.05) is 0 Å². The third-order valence-corrected chi connectivity index (χ3v) is 1.34.